The van der Waals surface area contributed by atoms with Gasteiger partial charge in [0.2, 0.25) is 10.5 Å². The van der Waals surface area contributed by atoms with Gasteiger partial charge in [0.25, 0.3) is 0 Å². The molecule has 14 heavy (non-hydrogen) atoms. The zero-order chi connectivity index (χ0) is 11.1. The van der Waals surface area contributed by atoms with Gasteiger partial charge in [0.15, 0.2) is 0 Å². The van der Waals surface area contributed by atoms with Crippen molar-refractivity contribution in [3.8, 4) is 0 Å². The van der Waals surface area contributed by atoms with Crippen molar-refractivity contribution < 1.29 is 9.59 Å². The Labute approximate surface area is 93.9 Å². The van der Waals surface area contributed by atoms with Gasteiger partial charge in [0.05, 0.1) is 0 Å². The lowest BCUT2D eigenvalue weighted by molar-refractivity contribution is -0.127. The molecule has 0 heterocycles. The van der Waals surface area contributed by atoms with Crippen molar-refractivity contribution in [2.75, 3.05) is 0 Å². The minimum absolute atomic E-state index is 0.267. The Bertz CT molecular complexity index is 286. The number of carbonyl (C=O) groups is 2. The molecule has 0 spiro atoms. The summed E-state index contributed by atoms with van der Waals surface area (Å²) in [7, 11) is 0. The summed E-state index contributed by atoms with van der Waals surface area (Å²) >= 11 is 11.1. The molecule has 4 heteroatoms. The zero-order valence-electron chi connectivity index (χ0n) is 8.56. The fraction of sp³-hybridized carbons (Fsp3) is 0.800. The largest absolute Gasteiger partial charge is 0.281 e. The minimum atomic E-state index is -0.635. The highest BCUT2D eigenvalue weighted by Gasteiger charge is 2.57. The monoisotopic (exact) mass is 236 g/mol. The predicted molar refractivity (Wildman–Crippen MR) is 56.3 cm³/mol. The molecule has 2 nitrogen and oxygen atoms in total. The molecule has 1 aliphatic carbocycles. The van der Waals surface area contributed by atoms with E-state index in [9.17, 15) is 9.59 Å². The summed E-state index contributed by atoms with van der Waals surface area (Å²) in [5.74, 6) is -0.267. The van der Waals surface area contributed by atoms with Gasteiger partial charge in [-0.2, -0.15) is 0 Å². The third-order valence-corrected chi connectivity index (χ3v) is 4.61. The van der Waals surface area contributed by atoms with Crippen LogP contribution in [-0.2, 0) is 9.59 Å². The molecule has 1 rings (SSSR count). The van der Waals surface area contributed by atoms with Crippen LogP contribution in [0.1, 0.15) is 33.6 Å². The minimum Gasteiger partial charge on any atom is -0.281 e. The summed E-state index contributed by atoms with van der Waals surface area (Å²) in [4.78, 5) is 22.5. The smallest absolute Gasteiger partial charge is 0.228 e. The summed E-state index contributed by atoms with van der Waals surface area (Å²) < 4.78 is 0. The number of rotatable bonds is 2. The Balaban J connectivity index is 3.08. The quantitative estimate of drug-likeness (QED) is 0.692. The topological polar surface area (TPSA) is 34.1 Å². The van der Waals surface area contributed by atoms with Crippen molar-refractivity contribution in [1.29, 1.82) is 0 Å². The Morgan fingerprint density at radius 1 is 1.21 bits per heavy atom. The van der Waals surface area contributed by atoms with E-state index in [1.165, 1.54) is 0 Å². The van der Waals surface area contributed by atoms with Crippen LogP contribution < -0.4 is 0 Å². The molecule has 0 unspecified atom stereocenters. The Hall–Kier alpha value is -0.0800. The molecule has 0 saturated heterocycles. The van der Waals surface area contributed by atoms with E-state index in [2.05, 4.69) is 0 Å². The molecule has 1 aliphatic rings. The van der Waals surface area contributed by atoms with Gasteiger partial charge in [-0.1, -0.05) is 20.8 Å². The van der Waals surface area contributed by atoms with Crippen LogP contribution in [0, 0.1) is 16.7 Å². The third-order valence-electron chi connectivity index (χ3n) is 3.93. The van der Waals surface area contributed by atoms with Gasteiger partial charge in [0.1, 0.15) is 0 Å². The van der Waals surface area contributed by atoms with Crippen LogP contribution in [0.2, 0.25) is 0 Å². The highest BCUT2D eigenvalue weighted by molar-refractivity contribution is 6.65. The Morgan fingerprint density at radius 2 is 1.71 bits per heavy atom. The summed E-state index contributed by atoms with van der Waals surface area (Å²) in [6, 6.07) is 0. The molecule has 0 radical (unpaired) electrons. The van der Waals surface area contributed by atoms with E-state index in [0.717, 1.165) is 0 Å². The molecule has 1 saturated carbocycles. The molecule has 1 fully saturated rings. The fourth-order valence-corrected chi connectivity index (χ4v) is 2.97. The molecular weight excluding hydrogens is 223 g/mol. The van der Waals surface area contributed by atoms with Gasteiger partial charge in [-0.15, -0.1) is 0 Å². The zero-order valence-corrected chi connectivity index (χ0v) is 10.1. The Kier molecular flexibility index (Phi) is 2.99. The highest BCUT2D eigenvalue weighted by atomic mass is 35.5. The van der Waals surface area contributed by atoms with Gasteiger partial charge < -0.3 is 0 Å². The average molecular weight is 237 g/mol. The fourth-order valence-electron chi connectivity index (χ4n) is 2.25. The van der Waals surface area contributed by atoms with Gasteiger partial charge in [-0.05, 0) is 41.5 Å². The summed E-state index contributed by atoms with van der Waals surface area (Å²) in [5.41, 5.74) is -1.09. The van der Waals surface area contributed by atoms with Crippen LogP contribution in [-0.4, -0.2) is 10.5 Å². The van der Waals surface area contributed by atoms with Crippen LogP contribution in [0.15, 0.2) is 0 Å². The van der Waals surface area contributed by atoms with E-state index in [-0.39, 0.29) is 16.4 Å². The first-order valence-corrected chi connectivity index (χ1v) is 5.38. The van der Waals surface area contributed by atoms with E-state index in [4.69, 9.17) is 23.2 Å². The predicted octanol–water partition coefficient (Wildman–Crippen LogP) is 2.96. The molecule has 0 amide bonds. The lowest BCUT2D eigenvalue weighted by atomic mass is 9.67. The SMILES string of the molecule is CC1(C)[C@H](C(=O)Cl)CC[C@]1(C)C(=O)Cl. The van der Waals surface area contributed by atoms with E-state index >= 15 is 0 Å². The first-order chi connectivity index (χ1) is 6.23. The molecule has 0 aromatic carbocycles. The van der Waals surface area contributed by atoms with Crippen molar-refractivity contribution in [1.82, 2.24) is 0 Å². The lowest BCUT2D eigenvalue weighted by Gasteiger charge is -2.37. The van der Waals surface area contributed by atoms with E-state index in [1.54, 1.807) is 0 Å². The second kappa shape index (κ2) is 3.49. The molecule has 0 aromatic rings. The van der Waals surface area contributed by atoms with Gasteiger partial charge >= 0.3 is 0 Å². The van der Waals surface area contributed by atoms with Gasteiger partial charge in [-0.25, -0.2) is 0 Å². The molecule has 0 aromatic heterocycles. The van der Waals surface area contributed by atoms with Gasteiger partial charge in [0, 0.05) is 11.3 Å². The molecule has 0 bridgehead atoms. The van der Waals surface area contributed by atoms with Crippen molar-refractivity contribution >= 4 is 33.7 Å². The van der Waals surface area contributed by atoms with Crippen LogP contribution in [0.25, 0.3) is 0 Å². The van der Waals surface area contributed by atoms with Crippen molar-refractivity contribution in [3.05, 3.63) is 0 Å². The second-order valence-corrected chi connectivity index (χ2v) is 5.44. The molecule has 0 aliphatic heterocycles. The standard InChI is InChI=1S/C10H14Cl2O2/c1-9(2)6(7(11)13)4-5-10(9,3)8(12)14/h6H,4-5H2,1-3H3/t6-,10+/m0/s1. The highest BCUT2D eigenvalue weighted by Crippen LogP contribution is 2.57. The van der Waals surface area contributed by atoms with E-state index in [0.29, 0.717) is 12.8 Å². The molecule has 2 atom stereocenters. The van der Waals surface area contributed by atoms with Crippen molar-refractivity contribution in [3.63, 3.8) is 0 Å². The van der Waals surface area contributed by atoms with E-state index in [1.807, 2.05) is 20.8 Å². The lowest BCUT2D eigenvalue weighted by Crippen LogP contribution is -2.40. The second-order valence-electron chi connectivity index (χ2n) is 4.72. The maximum Gasteiger partial charge on any atom is 0.228 e. The number of hydrogen-bond donors (Lipinski definition) is 0. The third kappa shape index (κ3) is 1.49. The number of halogens is 2. The summed E-state index contributed by atoms with van der Waals surface area (Å²) in [5, 5.41) is -0.737. The molecular formula is C10H14Cl2O2. The van der Waals surface area contributed by atoms with Crippen molar-refractivity contribution in [2.24, 2.45) is 16.7 Å². The summed E-state index contributed by atoms with van der Waals surface area (Å²) in [6.45, 7) is 5.57. The van der Waals surface area contributed by atoms with Crippen LogP contribution in [0.4, 0.5) is 0 Å². The number of carbonyl (C=O) groups excluding carboxylic acids is 2. The average Bonchev–Trinajstić information content (AvgIpc) is 2.24. The molecule has 80 valence electrons. The normalized spacial score (nSPS) is 35.6. The number of hydrogen-bond acceptors (Lipinski definition) is 2. The summed E-state index contributed by atoms with van der Waals surface area (Å²) in [6.07, 6.45) is 1.27. The first kappa shape index (κ1) is 12.0. The van der Waals surface area contributed by atoms with Gasteiger partial charge in [-0.3, -0.25) is 9.59 Å². The van der Waals surface area contributed by atoms with Crippen LogP contribution >= 0.6 is 23.2 Å². The van der Waals surface area contributed by atoms with E-state index < -0.39 is 10.8 Å². The maximum atomic E-state index is 11.4. The first-order valence-electron chi connectivity index (χ1n) is 4.63. The Morgan fingerprint density at radius 3 is 1.93 bits per heavy atom. The van der Waals surface area contributed by atoms with Crippen molar-refractivity contribution in [2.45, 2.75) is 33.6 Å². The van der Waals surface area contributed by atoms with Crippen LogP contribution in [0.3, 0.4) is 0 Å². The molecule has 0 N–H and O–H groups in total. The van der Waals surface area contributed by atoms with Crippen LogP contribution in [0.5, 0.6) is 0 Å². The maximum absolute atomic E-state index is 11.4.